The number of aliphatic imine (C=N–C) groups is 1. The molecular weight excluding hydrogens is 226 g/mol. The molecular formula is C11H16ClN3O. The van der Waals surface area contributed by atoms with Crippen LogP contribution in [0.15, 0.2) is 23.2 Å². The number of anilines is 1. The molecule has 1 heterocycles. The molecule has 16 heavy (non-hydrogen) atoms. The van der Waals surface area contributed by atoms with Gasteiger partial charge in [-0.05, 0) is 30.7 Å². The van der Waals surface area contributed by atoms with E-state index in [4.69, 9.17) is 0 Å². The van der Waals surface area contributed by atoms with Gasteiger partial charge in [-0.25, -0.2) is 0 Å². The van der Waals surface area contributed by atoms with Crippen LogP contribution in [0.5, 0.6) is 5.75 Å². The van der Waals surface area contributed by atoms with Crippen LogP contribution in [0.1, 0.15) is 5.56 Å². The molecule has 0 saturated heterocycles. The maximum absolute atomic E-state index is 9.26. The molecule has 0 unspecified atom stereocenters. The molecule has 0 fully saturated rings. The number of hydrogen-bond acceptors (Lipinski definition) is 4. The second kappa shape index (κ2) is 5.61. The Bertz CT molecular complexity index is 381. The lowest BCUT2D eigenvalue weighted by Gasteiger charge is -2.16. The molecule has 1 aliphatic heterocycles. The van der Waals surface area contributed by atoms with Gasteiger partial charge in [0.25, 0.3) is 0 Å². The summed E-state index contributed by atoms with van der Waals surface area (Å²) in [6.45, 7) is 4.59. The summed E-state index contributed by atoms with van der Waals surface area (Å²) in [6, 6.07) is 5.33. The number of halogens is 1. The van der Waals surface area contributed by atoms with Crippen molar-refractivity contribution in [2.75, 3.05) is 25.1 Å². The Hall–Kier alpha value is -1.42. The van der Waals surface area contributed by atoms with Crippen LogP contribution in [0.25, 0.3) is 0 Å². The number of benzene rings is 1. The number of nitrogens with one attached hydrogen (secondary N) is 1. The van der Waals surface area contributed by atoms with Crippen LogP contribution in [0.3, 0.4) is 0 Å². The van der Waals surface area contributed by atoms with E-state index < -0.39 is 0 Å². The fourth-order valence-electron chi connectivity index (χ4n) is 1.57. The second-order valence-electron chi connectivity index (χ2n) is 3.67. The van der Waals surface area contributed by atoms with Gasteiger partial charge in [0, 0.05) is 12.2 Å². The van der Waals surface area contributed by atoms with Gasteiger partial charge in [-0.2, -0.15) is 0 Å². The van der Waals surface area contributed by atoms with Crippen molar-refractivity contribution in [2.45, 2.75) is 6.92 Å². The zero-order valence-corrected chi connectivity index (χ0v) is 10.00. The maximum Gasteiger partial charge on any atom is 0.115 e. The Kier molecular flexibility index (Phi) is 4.43. The van der Waals surface area contributed by atoms with Crippen molar-refractivity contribution in [3.8, 4) is 5.75 Å². The molecule has 2 N–H and O–H groups in total. The first kappa shape index (κ1) is 12.6. The molecule has 2 rings (SSSR count). The van der Waals surface area contributed by atoms with Gasteiger partial charge in [-0.15, -0.1) is 12.4 Å². The van der Waals surface area contributed by atoms with E-state index in [-0.39, 0.29) is 12.4 Å². The van der Waals surface area contributed by atoms with Crippen LogP contribution in [-0.4, -0.2) is 36.1 Å². The zero-order chi connectivity index (χ0) is 10.7. The van der Waals surface area contributed by atoms with Gasteiger partial charge in [0.15, 0.2) is 0 Å². The summed E-state index contributed by atoms with van der Waals surface area (Å²) >= 11 is 0. The van der Waals surface area contributed by atoms with Crippen molar-refractivity contribution < 1.29 is 5.11 Å². The Morgan fingerprint density at radius 1 is 1.50 bits per heavy atom. The van der Waals surface area contributed by atoms with Gasteiger partial charge in [0.05, 0.1) is 19.6 Å². The largest absolute Gasteiger partial charge is 0.508 e. The van der Waals surface area contributed by atoms with Crippen LogP contribution in [0, 0.1) is 6.92 Å². The Morgan fingerprint density at radius 2 is 2.31 bits per heavy atom. The Labute approximate surface area is 101 Å². The number of nitrogens with zero attached hydrogens (tertiary/aromatic N) is 2. The third-order valence-corrected chi connectivity index (χ3v) is 2.44. The molecule has 0 spiro atoms. The van der Waals surface area contributed by atoms with E-state index in [0.717, 1.165) is 31.0 Å². The highest BCUT2D eigenvalue weighted by molar-refractivity contribution is 5.85. The Balaban J connectivity index is 0.00000128. The SMILES string of the molecule is Cc1cc(O)ccc1NCN1C=NCC1.Cl. The van der Waals surface area contributed by atoms with E-state index >= 15 is 0 Å². The van der Waals surface area contributed by atoms with E-state index in [2.05, 4.69) is 15.2 Å². The summed E-state index contributed by atoms with van der Waals surface area (Å²) in [5.41, 5.74) is 2.10. The van der Waals surface area contributed by atoms with Crippen molar-refractivity contribution in [1.82, 2.24) is 4.90 Å². The molecule has 0 aromatic heterocycles. The predicted molar refractivity (Wildman–Crippen MR) is 68.6 cm³/mol. The molecule has 0 saturated carbocycles. The summed E-state index contributed by atoms with van der Waals surface area (Å²) in [5, 5.41) is 12.6. The minimum absolute atomic E-state index is 0. The summed E-state index contributed by atoms with van der Waals surface area (Å²) in [4.78, 5) is 6.25. The molecule has 0 atom stereocenters. The van der Waals surface area contributed by atoms with Crippen molar-refractivity contribution >= 4 is 24.4 Å². The number of aromatic hydroxyl groups is 1. The van der Waals surface area contributed by atoms with E-state index in [9.17, 15) is 5.11 Å². The lowest BCUT2D eigenvalue weighted by atomic mass is 10.2. The van der Waals surface area contributed by atoms with E-state index in [0.29, 0.717) is 5.75 Å². The van der Waals surface area contributed by atoms with E-state index in [1.165, 1.54) is 0 Å². The molecule has 88 valence electrons. The van der Waals surface area contributed by atoms with Gasteiger partial charge >= 0.3 is 0 Å². The molecule has 1 aromatic rings. The first-order valence-electron chi connectivity index (χ1n) is 5.03. The summed E-state index contributed by atoms with van der Waals surface area (Å²) in [5.74, 6) is 0.306. The van der Waals surface area contributed by atoms with Crippen molar-refractivity contribution in [3.63, 3.8) is 0 Å². The molecule has 0 aliphatic carbocycles. The molecule has 0 bridgehead atoms. The van der Waals surface area contributed by atoms with Crippen molar-refractivity contribution in [3.05, 3.63) is 23.8 Å². The molecule has 4 nitrogen and oxygen atoms in total. The smallest absolute Gasteiger partial charge is 0.115 e. The first-order valence-corrected chi connectivity index (χ1v) is 5.03. The lowest BCUT2D eigenvalue weighted by molar-refractivity contribution is 0.474. The fraction of sp³-hybridized carbons (Fsp3) is 0.364. The van der Waals surface area contributed by atoms with Crippen molar-refractivity contribution in [1.29, 1.82) is 0 Å². The average molecular weight is 242 g/mol. The minimum atomic E-state index is 0. The molecule has 1 aromatic carbocycles. The number of rotatable bonds is 3. The fourth-order valence-corrected chi connectivity index (χ4v) is 1.57. The van der Waals surface area contributed by atoms with E-state index in [1.54, 1.807) is 12.1 Å². The minimum Gasteiger partial charge on any atom is -0.508 e. The number of aryl methyl sites for hydroxylation is 1. The number of phenolic OH excluding ortho intramolecular Hbond substituents is 1. The highest BCUT2D eigenvalue weighted by Crippen LogP contribution is 2.19. The summed E-state index contributed by atoms with van der Waals surface area (Å²) < 4.78 is 0. The standard InChI is InChI=1S/C11H15N3O.ClH/c1-9-6-10(15)2-3-11(9)13-8-14-5-4-12-7-14;/h2-3,6-7,13,15H,4-5,8H2,1H3;1H. The number of hydrogen-bond donors (Lipinski definition) is 2. The van der Waals surface area contributed by atoms with Gasteiger partial charge < -0.3 is 15.3 Å². The molecule has 0 amide bonds. The van der Waals surface area contributed by atoms with Gasteiger partial charge in [-0.1, -0.05) is 0 Å². The third-order valence-electron chi connectivity index (χ3n) is 2.44. The van der Waals surface area contributed by atoms with Gasteiger partial charge in [0.2, 0.25) is 0 Å². The van der Waals surface area contributed by atoms with Crippen LogP contribution in [0.2, 0.25) is 0 Å². The van der Waals surface area contributed by atoms with E-state index in [1.807, 2.05) is 19.3 Å². The van der Waals surface area contributed by atoms with Crippen molar-refractivity contribution in [2.24, 2.45) is 4.99 Å². The topological polar surface area (TPSA) is 47.9 Å². The summed E-state index contributed by atoms with van der Waals surface area (Å²) in [6.07, 6.45) is 1.86. The lowest BCUT2D eigenvalue weighted by Crippen LogP contribution is -2.26. The highest BCUT2D eigenvalue weighted by atomic mass is 35.5. The molecule has 1 aliphatic rings. The number of phenols is 1. The Morgan fingerprint density at radius 3 is 2.94 bits per heavy atom. The zero-order valence-electron chi connectivity index (χ0n) is 9.18. The normalized spacial score (nSPS) is 13.7. The average Bonchev–Trinajstić information content (AvgIpc) is 2.69. The van der Waals surface area contributed by atoms with Crippen LogP contribution < -0.4 is 5.32 Å². The molecule has 0 radical (unpaired) electrons. The van der Waals surface area contributed by atoms with Crippen LogP contribution >= 0.6 is 12.4 Å². The predicted octanol–water partition coefficient (Wildman–Crippen LogP) is 1.84. The van der Waals surface area contributed by atoms with Crippen LogP contribution in [-0.2, 0) is 0 Å². The summed E-state index contributed by atoms with van der Waals surface area (Å²) in [7, 11) is 0. The van der Waals surface area contributed by atoms with Gasteiger partial charge in [-0.3, -0.25) is 4.99 Å². The second-order valence-corrected chi connectivity index (χ2v) is 3.67. The third kappa shape index (κ3) is 3.03. The monoisotopic (exact) mass is 241 g/mol. The highest BCUT2D eigenvalue weighted by Gasteiger charge is 2.05. The first-order chi connectivity index (χ1) is 7.25. The molecule has 5 heteroatoms. The quantitative estimate of drug-likeness (QED) is 0.794. The maximum atomic E-state index is 9.26. The van der Waals surface area contributed by atoms with Crippen LogP contribution in [0.4, 0.5) is 5.69 Å². The van der Waals surface area contributed by atoms with Gasteiger partial charge in [0.1, 0.15) is 5.75 Å².